The molecule has 2 atom stereocenters. The fourth-order valence-corrected chi connectivity index (χ4v) is 3.97. The Kier molecular flexibility index (Phi) is 5.05. The second kappa shape index (κ2) is 6.59. The van der Waals surface area contributed by atoms with Crippen LogP contribution in [0.1, 0.15) is 33.1 Å². The normalized spacial score (nSPS) is 23.5. The molecule has 1 aromatic rings. The number of rotatable bonds is 5. The zero-order valence-electron chi connectivity index (χ0n) is 12.2. The number of nitrogens with one attached hydrogen (secondary N) is 2. The van der Waals surface area contributed by atoms with Gasteiger partial charge >= 0.3 is 0 Å². The predicted molar refractivity (Wildman–Crippen MR) is 82.9 cm³/mol. The van der Waals surface area contributed by atoms with Crippen LogP contribution in [0.25, 0.3) is 0 Å². The minimum absolute atomic E-state index is 0.214. The Bertz CT molecular complexity index is 525. The molecule has 2 N–H and O–H groups in total. The van der Waals surface area contributed by atoms with Crippen molar-refractivity contribution in [2.24, 2.45) is 0 Å². The first kappa shape index (κ1) is 15.3. The zero-order valence-corrected chi connectivity index (χ0v) is 13.0. The van der Waals surface area contributed by atoms with Crippen LogP contribution >= 0.6 is 0 Å². The average molecular weight is 296 g/mol. The minimum atomic E-state index is -3.11. The van der Waals surface area contributed by atoms with Crippen molar-refractivity contribution in [3.05, 3.63) is 24.3 Å². The van der Waals surface area contributed by atoms with E-state index in [2.05, 4.69) is 17.6 Å². The standard InChI is InChI=1S/C15H24N2O2S/c1-3-10-20(18,19)15-6-4-13(5-7-15)17-14-8-9-16-12(2)11-14/h4-7,12,14,16-17H,3,8-11H2,1-2H3. The van der Waals surface area contributed by atoms with E-state index < -0.39 is 9.84 Å². The number of piperidine rings is 1. The molecule has 112 valence electrons. The second-order valence-electron chi connectivity index (χ2n) is 5.56. The molecule has 2 unspecified atom stereocenters. The van der Waals surface area contributed by atoms with Crippen molar-refractivity contribution in [1.29, 1.82) is 0 Å². The van der Waals surface area contributed by atoms with Gasteiger partial charge in [0.2, 0.25) is 0 Å². The highest BCUT2D eigenvalue weighted by Gasteiger charge is 2.18. The molecule has 1 aliphatic rings. The lowest BCUT2D eigenvalue weighted by molar-refractivity contribution is 0.396. The van der Waals surface area contributed by atoms with Gasteiger partial charge in [-0.3, -0.25) is 0 Å². The van der Waals surface area contributed by atoms with E-state index in [0.29, 0.717) is 23.4 Å². The summed E-state index contributed by atoms with van der Waals surface area (Å²) < 4.78 is 23.9. The molecule has 20 heavy (non-hydrogen) atoms. The van der Waals surface area contributed by atoms with Crippen molar-refractivity contribution in [2.45, 2.75) is 50.1 Å². The Morgan fingerprint density at radius 3 is 2.60 bits per heavy atom. The van der Waals surface area contributed by atoms with Crippen LogP contribution in [0.5, 0.6) is 0 Å². The molecule has 1 aromatic carbocycles. The zero-order chi connectivity index (χ0) is 14.6. The van der Waals surface area contributed by atoms with Gasteiger partial charge in [-0.05, 0) is 57.0 Å². The van der Waals surface area contributed by atoms with Gasteiger partial charge in [-0.15, -0.1) is 0 Å². The smallest absolute Gasteiger partial charge is 0.178 e. The van der Waals surface area contributed by atoms with Crippen LogP contribution in [0.2, 0.25) is 0 Å². The fraction of sp³-hybridized carbons (Fsp3) is 0.600. The van der Waals surface area contributed by atoms with E-state index in [0.717, 1.165) is 25.1 Å². The lowest BCUT2D eigenvalue weighted by atomic mass is 10.0. The number of benzene rings is 1. The monoisotopic (exact) mass is 296 g/mol. The number of anilines is 1. The molecule has 0 aliphatic carbocycles. The Labute approximate surface area is 121 Å². The van der Waals surface area contributed by atoms with E-state index in [-0.39, 0.29) is 5.75 Å². The van der Waals surface area contributed by atoms with Crippen LogP contribution in [0, 0.1) is 0 Å². The molecule has 0 amide bonds. The summed E-state index contributed by atoms with van der Waals surface area (Å²) in [5.41, 5.74) is 1.000. The lowest BCUT2D eigenvalue weighted by Gasteiger charge is -2.29. The molecule has 0 aromatic heterocycles. The number of hydrogen-bond donors (Lipinski definition) is 2. The van der Waals surface area contributed by atoms with Gasteiger partial charge in [-0.25, -0.2) is 8.42 Å². The molecule has 0 bridgehead atoms. The summed E-state index contributed by atoms with van der Waals surface area (Å²) >= 11 is 0. The van der Waals surface area contributed by atoms with E-state index in [1.54, 1.807) is 12.1 Å². The highest BCUT2D eigenvalue weighted by molar-refractivity contribution is 7.91. The topological polar surface area (TPSA) is 58.2 Å². The molecule has 0 spiro atoms. The van der Waals surface area contributed by atoms with E-state index in [4.69, 9.17) is 0 Å². The Morgan fingerprint density at radius 1 is 1.30 bits per heavy atom. The maximum absolute atomic E-state index is 11.9. The number of hydrogen-bond acceptors (Lipinski definition) is 4. The molecule has 1 saturated heterocycles. The van der Waals surface area contributed by atoms with E-state index >= 15 is 0 Å². The first-order chi connectivity index (χ1) is 9.51. The van der Waals surface area contributed by atoms with Gasteiger partial charge in [0.1, 0.15) is 0 Å². The Morgan fingerprint density at radius 2 is 2.00 bits per heavy atom. The van der Waals surface area contributed by atoms with Crippen molar-refractivity contribution in [3.8, 4) is 0 Å². The van der Waals surface area contributed by atoms with Crippen molar-refractivity contribution in [2.75, 3.05) is 17.6 Å². The maximum atomic E-state index is 11.9. The van der Waals surface area contributed by atoms with Gasteiger partial charge in [0.25, 0.3) is 0 Å². The molecule has 0 saturated carbocycles. The third kappa shape index (κ3) is 3.96. The molecule has 4 nitrogen and oxygen atoms in total. The predicted octanol–water partition coefficient (Wildman–Crippen LogP) is 2.42. The van der Waals surface area contributed by atoms with E-state index in [1.807, 2.05) is 19.1 Å². The van der Waals surface area contributed by atoms with Gasteiger partial charge in [0.05, 0.1) is 10.6 Å². The molecule has 2 rings (SSSR count). The van der Waals surface area contributed by atoms with Crippen LogP contribution < -0.4 is 10.6 Å². The molecule has 5 heteroatoms. The SMILES string of the molecule is CCCS(=O)(=O)c1ccc(NC2CCNC(C)C2)cc1. The third-order valence-corrected chi connectivity index (χ3v) is 5.62. The van der Waals surface area contributed by atoms with E-state index in [9.17, 15) is 8.42 Å². The van der Waals surface area contributed by atoms with E-state index in [1.165, 1.54) is 0 Å². The summed E-state index contributed by atoms with van der Waals surface area (Å²) in [6.45, 7) is 5.10. The van der Waals surface area contributed by atoms with Crippen molar-refractivity contribution in [3.63, 3.8) is 0 Å². The summed E-state index contributed by atoms with van der Waals surface area (Å²) in [6.07, 6.45) is 2.84. The summed E-state index contributed by atoms with van der Waals surface area (Å²) in [4.78, 5) is 0.420. The maximum Gasteiger partial charge on any atom is 0.178 e. The van der Waals surface area contributed by atoms with Gasteiger partial charge in [0, 0.05) is 17.8 Å². The largest absolute Gasteiger partial charge is 0.382 e. The van der Waals surface area contributed by atoms with Crippen molar-refractivity contribution >= 4 is 15.5 Å². The van der Waals surface area contributed by atoms with Crippen molar-refractivity contribution < 1.29 is 8.42 Å². The summed E-state index contributed by atoms with van der Waals surface area (Å²) in [6, 6.07) is 8.15. The molecule has 1 aliphatic heterocycles. The quantitative estimate of drug-likeness (QED) is 0.876. The fourth-order valence-electron chi connectivity index (χ4n) is 2.64. The lowest BCUT2D eigenvalue weighted by Crippen LogP contribution is -2.41. The van der Waals surface area contributed by atoms with Crippen LogP contribution in [-0.2, 0) is 9.84 Å². The van der Waals surface area contributed by atoms with Gasteiger partial charge in [-0.2, -0.15) is 0 Å². The summed E-state index contributed by atoms with van der Waals surface area (Å²) in [5.74, 6) is 0.214. The Hall–Kier alpha value is -1.07. The average Bonchev–Trinajstić information content (AvgIpc) is 2.39. The van der Waals surface area contributed by atoms with Gasteiger partial charge in [0.15, 0.2) is 9.84 Å². The van der Waals surface area contributed by atoms with Crippen LogP contribution in [-0.4, -0.2) is 32.8 Å². The molecular weight excluding hydrogens is 272 g/mol. The van der Waals surface area contributed by atoms with Gasteiger partial charge in [-0.1, -0.05) is 6.92 Å². The highest BCUT2D eigenvalue weighted by Crippen LogP contribution is 2.19. The minimum Gasteiger partial charge on any atom is -0.382 e. The van der Waals surface area contributed by atoms with Crippen LogP contribution in [0.4, 0.5) is 5.69 Å². The Balaban J connectivity index is 2.01. The summed E-state index contributed by atoms with van der Waals surface area (Å²) in [7, 11) is -3.11. The first-order valence-corrected chi connectivity index (χ1v) is 8.99. The summed E-state index contributed by atoms with van der Waals surface area (Å²) in [5, 5.41) is 6.91. The van der Waals surface area contributed by atoms with Crippen LogP contribution in [0.3, 0.4) is 0 Å². The molecule has 0 radical (unpaired) electrons. The number of sulfone groups is 1. The highest BCUT2D eigenvalue weighted by atomic mass is 32.2. The van der Waals surface area contributed by atoms with Crippen LogP contribution in [0.15, 0.2) is 29.2 Å². The third-order valence-electron chi connectivity index (χ3n) is 3.68. The molecule has 1 heterocycles. The second-order valence-corrected chi connectivity index (χ2v) is 7.67. The van der Waals surface area contributed by atoms with Gasteiger partial charge < -0.3 is 10.6 Å². The molecular formula is C15H24N2O2S. The molecule has 1 fully saturated rings. The first-order valence-electron chi connectivity index (χ1n) is 7.34. The van der Waals surface area contributed by atoms with Crippen molar-refractivity contribution in [1.82, 2.24) is 5.32 Å².